The molecule has 0 atom stereocenters. The van der Waals surface area contributed by atoms with Crippen molar-refractivity contribution in [1.82, 2.24) is 0 Å². The van der Waals surface area contributed by atoms with E-state index in [9.17, 15) is 4.79 Å². The van der Waals surface area contributed by atoms with Crippen LogP contribution >= 0.6 is 43.5 Å². The highest BCUT2D eigenvalue weighted by Gasteiger charge is 2.13. The summed E-state index contributed by atoms with van der Waals surface area (Å²) in [6, 6.07) is 8.73. The van der Waals surface area contributed by atoms with Crippen LogP contribution in [0.25, 0.3) is 0 Å². The third-order valence-corrected chi connectivity index (χ3v) is 4.53. The monoisotopic (exact) mass is 416 g/mol. The summed E-state index contributed by atoms with van der Waals surface area (Å²) in [4.78, 5) is 12.3. The second-order valence-corrected chi connectivity index (χ2v) is 6.43. The maximum absolute atomic E-state index is 12.3. The third kappa shape index (κ3) is 3.34. The minimum absolute atomic E-state index is 0.228. The zero-order chi connectivity index (χ0) is 14.9. The minimum Gasteiger partial charge on any atom is -0.398 e. The summed E-state index contributed by atoms with van der Waals surface area (Å²) in [7, 11) is 0. The topological polar surface area (TPSA) is 55.1 Å². The van der Waals surface area contributed by atoms with E-state index in [-0.39, 0.29) is 5.91 Å². The van der Waals surface area contributed by atoms with Gasteiger partial charge in [-0.05, 0) is 58.7 Å². The quantitative estimate of drug-likeness (QED) is 0.674. The molecule has 0 bridgehead atoms. The number of hydrogen-bond donors (Lipinski definition) is 2. The maximum atomic E-state index is 12.3. The Morgan fingerprint density at radius 3 is 2.60 bits per heavy atom. The van der Waals surface area contributed by atoms with Crippen LogP contribution in [0.5, 0.6) is 0 Å². The molecule has 2 aromatic carbocycles. The summed E-state index contributed by atoms with van der Waals surface area (Å²) in [5.41, 5.74) is 8.32. The van der Waals surface area contributed by atoms with Gasteiger partial charge in [-0.25, -0.2) is 0 Å². The van der Waals surface area contributed by atoms with E-state index in [0.717, 1.165) is 14.5 Å². The van der Waals surface area contributed by atoms with E-state index in [4.69, 9.17) is 17.3 Å². The van der Waals surface area contributed by atoms with Crippen molar-refractivity contribution in [3.63, 3.8) is 0 Å². The first-order chi connectivity index (χ1) is 9.38. The van der Waals surface area contributed by atoms with E-state index >= 15 is 0 Å². The van der Waals surface area contributed by atoms with Gasteiger partial charge in [0.1, 0.15) is 0 Å². The Kier molecular flexibility index (Phi) is 4.73. The van der Waals surface area contributed by atoms with Crippen molar-refractivity contribution >= 4 is 60.7 Å². The van der Waals surface area contributed by atoms with Crippen LogP contribution in [-0.2, 0) is 0 Å². The molecule has 20 heavy (non-hydrogen) atoms. The number of anilines is 2. The number of nitrogens with two attached hydrogens (primary N) is 1. The molecule has 0 heterocycles. The molecular weight excluding hydrogens is 407 g/mol. The second-order valence-electron chi connectivity index (χ2n) is 4.25. The molecule has 3 nitrogen and oxygen atoms in total. The van der Waals surface area contributed by atoms with E-state index in [1.165, 1.54) is 0 Å². The van der Waals surface area contributed by atoms with Gasteiger partial charge in [-0.15, -0.1) is 0 Å². The number of benzene rings is 2. The molecule has 0 aliphatic rings. The number of halogens is 3. The Labute approximate surface area is 138 Å². The van der Waals surface area contributed by atoms with Crippen molar-refractivity contribution in [1.29, 1.82) is 0 Å². The number of amides is 1. The van der Waals surface area contributed by atoms with E-state index in [0.29, 0.717) is 22.0 Å². The number of carbonyl (C=O) groups excluding carboxylic acids is 1. The summed E-state index contributed by atoms with van der Waals surface area (Å²) in [6.45, 7) is 1.81. The van der Waals surface area contributed by atoms with Crippen molar-refractivity contribution < 1.29 is 4.79 Å². The first-order valence-electron chi connectivity index (χ1n) is 5.70. The van der Waals surface area contributed by atoms with Gasteiger partial charge >= 0.3 is 0 Å². The number of carbonyl (C=O) groups is 1. The van der Waals surface area contributed by atoms with Crippen LogP contribution in [0.2, 0.25) is 5.02 Å². The zero-order valence-corrected chi connectivity index (χ0v) is 14.4. The van der Waals surface area contributed by atoms with Crippen molar-refractivity contribution in [3.8, 4) is 0 Å². The van der Waals surface area contributed by atoms with Gasteiger partial charge in [-0.1, -0.05) is 27.5 Å². The Hall–Kier alpha value is -1.04. The normalized spacial score (nSPS) is 10.4. The van der Waals surface area contributed by atoms with Crippen LogP contribution in [0.1, 0.15) is 15.9 Å². The lowest BCUT2D eigenvalue weighted by Crippen LogP contribution is -2.14. The number of rotatable bonds is 2. The summed E-state index contributed by atoms with van der Waals surface area (Å²) in [6.07, 6.45) is 0. The first kappa shape index (κ1) is 15.4. The molecule has 0 aromatic heterocycles. The maximum Gasteiger partial charge on any atom is 0.256 e. The fourth-order valence-corrected chi connectivity index (χ4v) is 2.61. The van der Waals surface area contributed by atoms with E-state index < -0.39 is 0 Å². The van der Waals surface area contributed by atoms with E-state index in [1.807, 2.05) is 6.92 Å². The number of nitrogen functional groups attached to an aromatic ring is 1. The predicted molar refractivity (Wildman–Crippen MR) is 90.4 cm³/mol. The van der Waals surface area contributed by atoms with Gasteiger partial charge < -0.3 is 11.1 Å². The average Bonchev–Trinajstić information content (AvgIpc) is 2.38. The standard InChI is InChI=1S/C14H11Br2ClN2O/c1-7-10(4-8(15)5-13(7)18)14(20)19-9-2-3-11(16)12(17)6-9/h2-6H,18H2,1H3,(H,19,20). The highest BCUT2D eigenvalue weighted by Crippen LogP contribution is 2.27. The van der Waals surface area contributed by atoms with Crippen molar-refractivity contribution in [3.05, 3.63) is 55.4 Å². The summed E-state index contributed by atoms with van der Waals surface area (Å²) >= 11 is 12.6. The largest absolute Gasteiger partial charge is 0.398 e. The van der Waals surface area contributed by atoms with Gasteiger partial charge in [0.15, 0.2) is 0 Å². The molecular formula is C14H11Br2ClN2O. The van der Waals surface area contributed by atoms with E-state index in [2.05, 4.69) is 37.2 Å². The van der Waals surface area contributed by atoms with Crippen molar-refractivity contribution in [2.45, 2.75) is 6.92 Å². The molecule has 0 saturated carbocycles. The van der Waals surface area contributed by atoms with Crippen LogP contribution in [0.3, 0.4) is 0 Å². The zero-order valence-electron chi connectivity index (χ0n) is 10.5. The highest BCUT2D eigenvalue weighted by molar-refractivity contribution is 9.10. The van der Waals surface area contributed by atoms with Gasteiger partial charge in [0.05, 0.1) is 5.02 Å². The summed E-state index contributed by atoms with van der Waals surface area (Å²) in [5.74, 6) is -0.228. The second kappa shape index (κ2) is 6.16. The Balaban J connectivity index is 2.30. The van der Waals surface area contributed by atoms with Crippen LogP contribution < -0.4 is 11.1 Å². The summed E-state index contributed by atoms with van der Waals surface area (Å²) < 4.78 is 1.54. The van der Waals surface area contributed by atoms with Crippen molar-refractivity contribution in [2.75, 3.05) is 11.1 Å². The molecule has 0 fully saturated rings. The molecule has 0 aliphatic heterocycles. The van der Waals surface area contributed by atoms with E-state index in [1.54, 1.807) is 30.3 Å². The molecule has 6 heteroatoms. The summed E-state index contributed by atoms with van der Waals surface area (Å²) in [5, 5.41) is 3.34. The van der Waals surface area contributed by atoms with Gasteiger partial charge in [-0.2, -0.15) is 0 Å². The lowest BCUT2D eigenvalue weighted by molar-refractivity contribution is 0.102. The molecule has 104 valence electrons. The lowest BCUT2D eigenvalue weighted by Gasteiger charge is -2.11. The highest BCUT2D eigenvalue weighted by atomic mass is 79.9. The molecule has 2 rings (SSSR count). The molecule has 0 aliphatic carbocycles. The van der Waals surface area contributed by atoms with Crippen LogP contribution in [0, 0.1) is 6.92 Å². The van der Waals surface area contributed by atoms with Gasteiger partial charge in [0.25, 0.3) is 5.91 Å². The average molecular weight is 419 g/mol. The Morgan fingerprint density at radius 2 is 1.95 bits per heavy atom. The fourth-order valence-electron chi connectivity index (χ4n) is 1.71. The minimum atomic E-state index is -0.228. The van der Waals surface area contributed by atoms with Gasteiger partial charge in [0.2, 0.25) is 0 Å². The predicted octanol–water partition coefficient (Wildman–Crippen LogP) is 5.01. The van der Waals surface area contributed by atoms with Gasteiger partial charge in [-0.3, -0.25) is 4.79 Å². The van der Waals surface area contributed by atoms with Crippen LogP contribution in [0.4, 0.5) is 11.4 Å². The third-order valence-electron chi connectivity index (χ3n) is 2.83. The molecule has 1 amide bonds. The molecule has 0 unspecified atom stereocenters. The molecule has 0 saturated heterocycles. The first-order valence-corrected chi connectivity index (χ1v) is 7.67. The number of nitrogens with one attached hydrogen (secondary N) is 1. The fraction of sp³-hybridized carbons (Fsp3) is 0.0714. The molecule has 2 aromatic rings. The van der Waals surface area contributed by atoms with Crippen LogP contribution in [-0.4, -0.2) is 5.91 Å². The lowest BCUT2D eigenvalue weighted by atomic mass is 10.1. The van der Waals surface area contributed by atoms with Gasteiger partial charge in [0, 0.05) is 25.9 Å². The number of hydrogen-bond acceptors (Lipinski definition) is 2. The Morgan fingerprint density at radius 1 is 1.25 bits per heavy atom. The molecule has 3 N–H and O–H groups in total. The Bertz CT molecular complexity index is 689. The SMILES string of the molecule is Cc1c(N)cc(Br)cc1C(=O)Nc1ccc(Br)c(Cl)c1. The van der Waals surface area contributed by atoms with Crippen molar-refractivity contribution in [2.24, 2.45) is 0 Å². The molecule has 0 radical (unpaired) electrons. The molecule has 0 spiro atoms. The van der Waals surface area contributed by atoms with Crippen LogP contribution in [0.15, 0.2) is 39.3 Å². The smallest absolute Gasteiger partial charge is 0.256 e.